The molecule has 5 heteroatoms. The maximum Gasteiger partial charge on any atom is 0.413 e. The van der Waals surface area contributed by atoms with Crippen molar-refractivity contribution in [3.05, 3.63) is 0 Å². The van der Waals surface area contributed by atoms with Crippen molar-refractivity contribution in [2.75, 3.05) is 7.11 Å². The normalized spacial score (nSPS) is 7.67. The summed E-state index contributed by atoms with van der Waals surface area (Å²) in [5.41, 5.74) is 0. The number of nitrogens with one attached hydrogen (secondary N) is 2. The van der Waals surface area contributed by atoms with Crippen molar-refractivity contribution in [1.82, 2.24) is 5.32 Å². The zero-order valence-electron chi connectivity index (χ0n) is 4.97. The fraction of sp³-hybridized carbons (Fsp3) is 0.250. The second-order valence-electron chi connectivity index (χ2n) is 1.12. The van der Waals surface area contributed by atoms with E-state index in [-0.39, 0.29) is 5.96 Å². The molecule has 0 rings (SSSR count). The van der Waals surface area contributed by atoms with Crippen LogP contribution >= 0.6 is 0 Å². The number of methoxy groups -OCH3 is 1. The molecule has 0 aliphatic rings. The van der Waals surface area contributed by atoms with E-state index in [9.17, 15) is 4.79 Å². The second kappa shape index (κ2) is 3.59. The number of amides is 1. The smallest absolute Gasteiger partial charge is 0.413 e. The average molecular weight is 129 g/mol. The van der Waals surface area contributed by atoms with Gasteiger partial charge in [-0.15, -0.1) is 0 Å². The van der Waals surface area contributed by atoms with Gasteiger partial charge in [-0.25, -0.2) is 9.79 Å². The number of carbonyl (C=O) groups is 1. The molecule has 0 saturated carbocycles. The number of guanidine groups is 1. The zero-order valence-corrected chi connectivity index (χ0v) is 4.97. The second-order valence-corrected chi connectivity index (χ2v) is 1.12. The van der Waals surface area contributed by atoms with Crippen LogP contribution in [-0.2, 0) is 4.74 Å². The topological polar surface area (TPSA) is 74.5 Å². The predicted molar refractivity (Wildman–Crippen MR) is 32.8 cm³/mol. The standard InChI is InChI=1S/C4H7N3O2/c1-6-3(5)7-4(8)9-2/h1H2,2H3,(H2,5,7,8). The molecule has 0 saturated heterocycles. The van der Waals surface area contributed by atoms with Gasteiger partial charge in [-0.2, -0.15) is 0 Å². The summed E-state index contributed by atoms with van der Waals surface area (Å²) in [5.74, 6) is -0.318. The van der Waals surface area contributed by atoms with Gasteiger partial charge in [0, 0.05) is 0 Å². The van der Waals surface area contributed by atoms with Crippen molar-refractivity contribution in [3.63, 3.8) is 0 Å². The molecule has 2 N–H and O–H groups in total. The number of nitrogens with zero attached hydrogens (tertiary/aromatic N) is 1. The van der Waals surface area contributed by atoms with Crippen LogP contribution in [-0.4, -0.2) is 25.9 Å². The Labute approximate surface area is 52.2 Å². The van der Waals surface area contributed by atoms with E-state index in [4.69, 9.17) is 5.41 Å². The van der Waals surface area contributed by atoms with Crippen LogP contribution in [0, 0.1) is 5.41 Å². The molecule has 9 heavy (non-hydrogen) atoms. The first kappa shape index (κ1) is 7.61. The molecular weight excluding hydrogens is 122 g/mol. The molecule has 0 heterocycles. The molecule has 0 aromatic carbocycles. The monoisotopic (exact) mass is 129 g/mol. The Morgan fingerprint density at radius 3 is 2.78 bits per heavy atom. The van der Waals surface area contributed by atoms with Gasteiger partial charge in [0.25, 0.3) is 0 Å². The first-order chi connectivity index (χ1) is 4.20. The minimum Gasteiger partial charge on any atom is -0.453 e. The lowest BCUT2D eigenvalue weighted by Gasteiger charge is -1.97. The molecule has 0 fully saturated rings. The summed E-state index contributed by atoms with van der Waals surface area (Å²) in [6.07, 6.45) is -0.715. The van der Waals surface area contributed by atoms with Gasteiger partial charge < -0.3 is 4.74 Å². The van der Waals surface area contributed by atoms with Crippen LogP contribution < -0.4 is 5.32 Å². The number of hydrogen-bond acceptors (Lipinski definition) is 3. The molecule has 0 aromatic heterocycles. The lowest BCUT2D eigenvalue weighted by molar-refractivity contribution is 0.176. The van der Waals surface area contributed by atoms with Crippen LogP contribution in [0.2, 0.25) is 0 Å². The van der Waals surface area contributed by atoms with E-state index in [0.717, 1.165) is 0 Å². The van der Waals surface area contributed by atoms with Gasteiger partial charge in [0.2, 0.25) is 5.96 Å². The Bertz CT molecular complexity index is 143. The van der Waals surface area contributed by atoms with Crippen LogP contribution in [0.25, 0.3) is 0 Å². The Hall–Kier alpha value is -1.39. The molecule has 1 amide bonds. The molecule has 50 valence electrons. The van der Waals surface area contributed by atoms with Crippen LogP contribution in [0.5, 0.6) is 0 Å². The maximum absolute atomic E-state index is 10.2. The Kier molecular flexibility index (Phi) is 3.04. The van der Waals surface area contributed by atoms with Crippen molar-refractivity contribution in [2.24, 2.45) is 4.99 Å². The van der Waals surface area contributed by atoms with Crippen molar-refractivity contribution in [1.29, 1.82) is 5.41 Å². The molecule has 0 atom stereocenters. The van der Waals surface area contributed by atoms with Gasteiger partial charge in [0.15, 0.2) is 0 Å². The van der Waals surface area contributed by atoms with E-state index in [1.54, 1.807) is 0 Å². The molecule has 0 aliphatic carbocycles. The van der Waals surface area contributed by atoms with E-state index < -0.39 is 6.09 Å². The Morgan fingerprint density at radius 1 is 1.89 bits per heavy atom. The minimum absolute atomic E-state index is 0.318. The number of carbonyl (C=O) groups excluding carboxylic acids is 1. The van der Waals surface area contributed by atoms with Gasteiger partial charge in [-0.3, -0.25) is 10.7 Å². The largest absolute Gasteiger partial charge is 0.453 e. The summed E-state index contributed by atoms with van der Waals surface area (Å²) in [6, 6.07) is 0. The number of rotatable bonds is 0. The molecule has 0 unspecified atom stereocenters. The quantitative estimate of drug-likeness (QED) is 0.356. The highest BCUT2D eigenvalue weighted by Gasteiger charge is 1.98. The lowest BCUT2D eigenvalue weighted by atomic mass is 10.9. The summed E-state index contributed by atoms with van der Waals surface area (Å²) >= 11 is 0. The van der Waals surface area contributed by atoms with Crippen LogP contribution in [0.4, 0.5) is 4.79 Å². The molecule has 0 bridgehead atoms. The molecule has 0 aliphatic heterocycles. The minimum atomic E-state index is -0.715. The van der Waals surface area contributed by atoms with Crippen LogP contribution in [0.15, 0.2) is 4.99 Å². The highest BCUT2D eigenvalue weighted by atomic mass is 16.5. The summed E-state index contributed by atoms with van der Waals surface area (Å²) in [7, 11) is 1.20. The summed E-state index contributed by atoms with van der Waals surface area (Å²) < 4.78 is 4.14. The van der Waals surface area contributed by atoms with Gasteiger partial charge >= 0.3 is 6.09 Å². The highest BCUT2D eigenvalue weighted by Crippen LogP contribution is 1.71. The van der Waals surface area contributed by atoms with Crippen molar-refractivity contribution in [2.45, 2.75) is 0 Å². The van der Waals surface area contributed by atoms with Gasteiger partial charge in [-0.05, 0) is 6.72 Å². The third kappa shape index (κ3) is 3.22. The Balaban J connectivity index is 3.59. The highest BCUT2D eigenvalue weighted by molar-refractivity contribution is 5.94. The van der Waals surface area contributed by atoms with Crippen molar-refractivity contribution < 1.29 is 9.53 Å². The number of alkyl carbamates (subject to hydrolysis) is 1. The molecule has 0 radical (unpaired) electrons. The summed E-state index contributed by atoms with van der Waals surface area (Å²) in [4.78, 5) is 13.3. The Morgan fingerprint density at radius 2 is 2.44 bits per heavy atom. The third-order valence-corrected chi connectivity index (χ3v) is 0.564. The first-order valence-electron chi connectivity index (χ1n) is 2.11. The number of aliphatic imine (C=N–C) groups is 1. The van der Waals surface area contributed by atoms with E-state index in [1.807, 2.05) is 5.32 Å². The van der Waals surface area contributed by atoms with Crippen LogP contribution in [0.3, 0.4) is 0 Å². The maximum atomic E-state index is 10.2. The predicted octanol–water partition coefficient (Wildman–Crippen LogP) is -0.0222. The van der Waals surface area contributed by atoms with E-state index in [2.05, 4.69) is 16.4 Å². The van der Waals surface area contributed by atoms with Crippen LogP contribution in [0.1, 0.15) is 0 Å². The molecular formula is C4H7N3O2. The summed E-state index contributed by atoms with van der Waals surface area (Å²) in [5, 5.41) is 8.70. The van der Waals surface area contributed by atoms with Gasteiger partial charge in [0.05, 0.1) is 7.11 Å². The SMILES string of the molecule is C=NC(=N)NC(=O)OC. The van der Waals surface area contributed by atoms with E-state index in [0.29, 0.717) is 0 Å². The van der Waals surface area contributed by atoms with Crippen molar-refractivity contribution in [3.8, 4) is 0 Å². The molecule has 0 aromatic rings. The first-order valence-corrected chi connectivity index (χ1v) is 2.11. The summed E-state index contributed by atoms with van der Waals surface area (Å²) in [6.45, 7) is 3.00. The van der Waals surface area contributed by atoms with E-state index >= 15 is 0 Å². The fourth-order valence-electron chi connectivity index (χ4n) is 0.187. The molecule has 5 nitrogen and oxygen atoms in total. The molecule has 0 spiro atoms. The zero-order chi connectivity index (χ0) is 7.28. The average Bonchev–Trinajstić information content (AvgIpc) is 1.87. The lowest BCUT2D eigenvalue weighted by Crippen LogP contribution is -2.27. The van der Waals surface area contributed by atoms with Crippen molar-refractivity contribution >= 4 is 18.8 Å². The fourth-order valence-corrected chi connectivity index (χ4v) is 0.187. The van der Waals surface area contributed by atoms with Gasteiger partial charge in [0.1, 0.15) is 0 Å². The van der Waals surface area contributed by atoms with E-state index in [1.165, 1.54) is 7.11 Å². The number of ether oxygens (including phenoxy) is 1. The van der Waals surface area contributed by atoms with Gasteiger partial charge in [-0.1, -0.05) is 0 Å². The number of hydrogen-bond donors (Lipinski definition) is 2. The third-order valence-electron chi connectivity index (χ3n) is 0.564.